The molecule has 0 fully saturated rings. The number of carboxylic acid groups (broad SMARTS) is 1. The van der Waals surface area contributed by atoms with Crippen LogP contribution < -0.4 is 5.32 Å². The van der Waals surface area contributed by atoms with E-state index in [1.165, 1.54) is 18.2 Å². The maximum absolute atomic E-state index is 12.9. The van der Waals surface area contributed by atoms with Crippen molar-refractivity contribution in [2.24, 2.45) is 0 Å². The predicted molar refractivity (Wildman–Crippen MR) is 87.1 cm³/mol. The number of rotatable bonds is 4. The molecule has 0 aliphatic rings. The molecule has 0 aliphatic heterocycles. The molecule has 0 bridgehead atoms. The molecular weight excluding hydrogens is 359 g/mol. The van der Waals surface area contributed by atoms with E-state index in [-0.39, 0.29) is 11.3 Å². The predicted octanol–water partition coefficient (Wildman–Crippen LogP) is 4.47. The van der Waals surface area contributed by atoms with Gasteiger partial charge >= 0.3 is 12.1 Å². The van der Waals surface area contributed by atoms with Crippen LogP contribution in [-0.4, -0.2) is 17.0 Å². The van der Waals surface area contributed by atoms with Crippen molar-refractivity contribution < 1.29 is 27.9 Å². The number of anilines is 1. The van der Waals surface area contributed by atoms with Gasteiger partial charge in [-0.2, -0.15) is 13.2 Å². The lowest BCUT2D eigenvalue weighted by atomic mass is 10.0. The Morgan fingerprint density at radius 1 is 1.08 bits per heavy atom. The Kier molecular flexibility index (Phi) is 5.48. The SMILES string of the molecule is O=C(O)C=C(C(=O)Nc1ccc(Cl)c(C(F)(F)F)c1)c1ccccc1. The van der Waals surface area contributed by atoms with Gasteiger partial charge < -0.3 is 10.4 Å². The summed E-state index contributed by atoms with van der Waals surface area (Å²) in [7, 11) is 0. The van der Waals surface area contributed by atoms with Crippen molar-refractivity contribution in [3.63, 3.8) is 0 Å². The van der Waals surface area contributed by atoms with E-state index in [1.54, 1.807) is 18.2 Å². The lowest BCUT2D eigenvalue weighted by Crippen LogP contribution is -2.16. The van der Waals surface area contributed by atoms with Gasteiger partial charge in [0, 0.05) is 11.8 Å². The number of halogens is 4. The highest BCUT2D eigenvalue weighted by Gasteiger charge is 2.33. The van der Waals surface area contributed by atoms with Crippen molar-refractivity contribution in [3.05, 3.63) is 70.8 Å². The minimum Gasteiger partial charge on any atom is -0.478 e. The van der Waals surface area contributed by atoms with Crippen LogP contribution in [0.4, 0.5) is 18.9 Å². The van der Waals surface area contributed by atoms with E-state index in [9.17, 15) is 22.8 Å². The van der Waals surface area contributed by atoms with Crippen LogP contribution in [0.15, 0.2) is 54.6 Å². The summed E-state index contributed by atoms with van der Waals surface area (Å²) in [4.78, 5) is 23.3. The molecule has 2 rings (SSSR count). The smallest absolute Gasteiger partial charge is 0.417 e. The number of benzene rings is 2. The summed E-state index contributed by atoms with van der Waals surface area (Å²) < 4.78 is 38.6. The number of alkyl halides is 3. The van der Waals surface area contributed by atoms with Gasteiger partial charge in [-0.3, -0.25) is 4.79 Å². The van der Waals surface area contributed by atoms with Gasteiger partial charge in [-0.05, 0) is 23.8 Å². The zero-order valence-corrected chi connectivity index (χ0v) is 13.2. The molecule has 0 saturated heterocycles. The van der Waals surface area contributed by atoms with E-state index in [2.05, 4.69) is 5.32 Å². The fourth-order valence-electron chi connectivity index (χ4n) is 2.04. The summed E-state index contributed by atoms with van der Waals surface area (Å²) >= 11 is 5.52. The second-order valence-corrected chi connectivity index (χ2v) is 5.32. The molecule has 0 aliphatic carbocycles. The van der Waals surface area contributed by atoms with Gasteiger partial charge in [0.25, 0.3) is 5.91 Å². The van der Waals surface area contributed by atoms with E-state index >= 15 is 0 Å². The standard InChI is InChI=1S/C17H11ClF3NO3/c18-14-7-6-11(8-13(14)17(19,20)21)22-16(25)12(9-15(23)24)10-4-2-1-3-5-10/h1-9H,(H,22,25)(H,23,24). The molecule has 0 saturated carbocycles. The molecule has 0 spiro atoms. The van der Waals surface area contributed by atoms with E-state index in [1.807, 2.05) is 0 Å². The molecule has 4 nitrogen and oxygen atoms in total. The number of carbonyl (C=O) groups excluding carboxylic acids is 1. The van der Waals surface area contributed by atoms with Crippen LogP contribution in [0.1, 0.15) is 11.1 Å². The van der Waals surface area contributed by atoms with Gasteiger partial charge in [-0.15, -0.1) is 0 Å². The van der Waals surface area contributed by atoms with Gasteiger partial charge in [0.05, 0.1) is 16.2 Å². The Balaban J connectivity index is 2.35. The third kappa shape index (κ3) is 4.84. The lowest BCUT2D eigenvalue weighted by Gasteiger charge is -2.13. The normalized spacial score (nSPS) is 11.9. The number of carbonyl (C=O) groups is 2. The molecule has 1 amide bonds. The molecule has 0 atom stereocenters. The molecule has 2 N–H and O–H groups in total. The molecule has 0 aromatic heterocycles. The number of amides is 1. The highest BCUT2D eigenvalue weighted by atomic mass is 35.5. The van der Waals surface area contributed by atoms with Gasteiger partial charge in [0.1, 0.15) is 0 Å². The Morgan fingerprint density at radius 3 is 2.28 bits per heavy atom. The van der Waals surface area contributed by atoms with Crippen LogP contribution in [0, 0.1) is 0 Å². The molecule has 25 heavy (non-hydrogen) atoms. The minimum absolute atomic E-state index is 0.158. The maximum atomic E-state index is 12.9. The van der Waals surface area contributed by atoms with Crippen molar-refractivity contribution in [2.75, 3.05) is 5.32 Å². The Labute approximate surface area is 145 Å². The first-order chi connectivity index (χ1) is 11.7. The second-order valence-electron chi connectivity index (χ2n) is 4.91. The van der Waals surface area contributed by atoms with E-state index in [4.69, 9.17) is 16.7 Å². The lowest BCUT2D eigenvalue weighted by molar-refractivity contribution is -0.137. The van der Waals surface area contributed by atoms with E-state index < -0.39 is 28.6 Å². The molecule has 0 heterocycles. The van der Waals surface area contributed by atoms with Crippen molar-refractivity contribution >= 4 is 34.7 Å². The number of carboxylic acids is 1. The topological polar surface area (TPSA) is 66.4 Å². The van der Waals surface area contributed by atoms with Gasteiger partial charge in [0.15, 0.2) is 0 Å². The molecular formula is C17H11ClF3NO3. The highest BCUT2D eigenvalue weighted by Crippen LogP contribution is 2.36. The molecule has 130 valence electrons. The molecule has 2 aromatic carbocycles. The van der Waals surface area contributed by atoms with Gasteiger partial charge in [-0.25, -0.2) is 4.79 Å². The summed E-state index contributed by atoms with van der Waals surface area (Å²) in [5, 5.41) is 10.7. The number of hydrogen-bond acceptors (Lipinski definition) is 2. The molecule has 8 heteroatoms. The van der Waals surface area contributed by atoms with E-state index in [0.29, 0.717) is 17.7 Å². The highest BCUT2D eigenvalue weighted by molar-refractivity contribution is 6.31. The van der Waals surface area contributed by atoms with Crippen LogP contribution in [0.3, 0.4) is 0 Å². The van der Waals surface area contributed by atoms with Crippen LogP contribution >= 0.6 is 11.6 Å². The monoisotopic (exact) mass is 369 g/mol. The quantitative estimate of drug-likeness (QED) is 0.782. The first-order valence-electron chi connectivity index (χ1n) is 6.86. The largest absolute Gasteiger partial charge is 0.478 e. The first-order valence-corrected chi connectivity index (χ1v) is 7.24. The van der Waals surface area contributed by atoms with Gasteiger partial charge in [0.2, 0.25) is 0 Å². The Bertz CT molecular complexity index is 833. The van der Waals surface area contributed by atoms with Crippen molar-refractivity contribution in [1.29, 1.82) is 0 Å². The van der Waals surface area contributed by atoms with Crippen molar-refractivity contribution in [1.82, 2.24) is 0 Å². The summed E-state index contributed by atoms with van der Waals surface area (Å²) in [6.07, 6.45) is -4.00. The zero-order chi connectivity index (χ0) is 18.6. The van der Waals surface area contributed by atoms with Crippen LogP contribution in [0.5, 0.6) is 0 Å². The second kappa shape index (κ2) is 7.40. The summed E-state index contributed by atoms with van der Waals surface area (Å²) in [5.41, 5.74) is -1.14. The van der Waals surface area contributed by atoms with Gasteiger partial charge in [-0.1, -0.05) is 41.9 Å². The molecule has 2 aromatic rings. The number of hydrogen-bond donors (Lipinski definition) is 2. The third-order valence-electron chi connectivity index (χ3n) is 3.13. The third-order valence-corrected chi connectivity index (χ3v) is 3.46. The van der Waals surface area contributed by atoms with Crippen LogP contribution in [0.2, 0.25) is 5.02 Å². The Hall–Kier alpha value is -2.80. The maximum Gasteiger partial charge on any atom is 0.417 e. The molecule has 0 unspecified atom stereocenters. The number of nitrogens with one attached hydrogen (secondary N) is 1. The van der Waals surface area contributed by atoms with E-state index in [0.717, 1.165) is 6.07 Å². The first kappa shape index (κ1) is 18.5. The molecule has 0 radical (unpaired) electrons. The minimum atomic E-state index is -4.68. The summed E-state index contributed by atoms with van der Waals surface area (Å²) in [6.45, 7) is 0. The summed E-state index contributed by atoms with van der Waals surface area (Å²) in [6, 6.07) is 10.8. The fraction of sp³-hybridized carbons (Fsp3) is 0.0588. The Morgan fingerprint density at radius 2 is 1.72 bits per heavy atom. The summed E-state index contributed by atoms with van der Waals surface area (Å²) in [5.74, 6) is -2.22. The fourth-order valence-corrected chi connectivity index (χ4v) is 2.26. The average molecular weight is 370 g/mol. The van der Waals surface area contributed by atoms with Crippen molar-refractivity contribution in [2.45, 2.75) is 6.18 Å². The average Bonchev–Trinajstić information content (AvgIpc) is 2.54. The zero-order valence-electron chi connectivity index (χ0n) is 12.5. The van der Waals surface area contributed by atoms with Crippen LogP contribution in [-0.2, 0) is 15.8 Å². The van der Waals surface area contributed by atoms with Crippen LogP contribution in [0.25, 0.3) is 5.57 Å². The number of aliphatic carboxylic acids is 1. The van der Waals surface area contributed by atoms with Crippen molar-refractivity contribution in [3.8, 4) is 0 Å².